The number of aliphatic hydroxyl groups is 1. The average Bonchev–Trinajstić information content (AvgIpc) is 3.15. The lowest BCUT2D eigenvalue weighted by molar-refractivity contribution is -0.0168. The summed E-state index contributed by atoms with van der Waals surface area (Å²) in [5, 5.41) is 16.3. The summed E-state index contributed by atoms with van der Waals surface area (Å²) in [6, 6.07) is 13.4. The summed E-state index contributed by atoms with van der Waals surface area (Å²) in [5.74, 6) is 1.48. The van der Waals surface area contributed by atoms with Crippen LogP contribution in [0.5, 0.6) is 11.5 Å². The van der Waals surface area contributed by atoms with E-state index in [1.165, 1.54) is 5.56 Å². The van der Waals surface area contributed by atoms with Crippen molar-refractivity contribution in [2.75, 3.05) is 26.3 Å². The molecule has 8 heteroatoms. The SMILES string of the molecule is Cc1cnn(CCOc2ccc(CN3CCCC(O)(COc4ccc(Cl)c(Cl)c4)CC3)cc2)c1. The van der Waals surface area contributed by atoms with E-state index in [0.717, 1.165) is 43.9 Å². The second-order valence-electron chi connectivity index (χ2n) is 8.99. The first kappa shape index (κ1) is 24.9. The van der Waals surface area contributed by atoms with Crippen molar-refractivity contribution in [1.29, 1.82) is 0 Å². The highest BCUT2D eigenvalue weighted by molar-refractivity contribution is 6.42. The summed E-state index contributed by atoms with van der Waals surface area (Å²) in [6.45, 7) is 6.16. The van der Waals surface area contributed by atoms with Crippen molar-refractivity contribution in [1.82, 2.24) is 14.7 Å². The molecule has 0 bridgehead atoms. The van der Waals surface area contributed by atoms with Crippen LogP contribution in [0.3, 0.4) is 0 Å². The predicted molar refractivity (Wildman–Crippen MR) is 135 cm³/mol. The van der Waals surface area contributed by atoms with Gasteiger partial charge in [-0.25, -0.2) is 0 Å². The number of benzene rings is 2. The summed E-state index contributed by atoms with van der Waals surface area (Å²) in [6.07, 6.45) is 6.13. The number of rotatable bonds is 9. The number of likely N-dealkylation sites (tertiary alicyclic amines) is 1. The van der Waals surface area contributed by atoms with E-state index in [1.807, 2.05) is 36.1 Å². The Balaban J connectivity index is 1.22. The number of nitrogens with zero attached hydrogens (tertiary/aromatic N) is 3. The molecular formula is C26H31Cl2N3O3. The van der Waals surface area contributed by atoms with Gasteiger partial charge in [0, 0.05) is 25.4 Å². The molecular weight excluding hydrogens is 473 g/mol. The Hall–Kier alpha value is -2.25. The molecule has 6 nitrogen and oxygen atoms in total. The van der Waals surface area contributed by atoms with E-state index < -0.39 is 5.60 Å². The minimum atomic E-state index is -0.855. The molecule has 3 aromatic rings. The van der Waals surface area contributed by atoms with Crippen molar-refractivity contribution in [3.05, 3.63) is 76.0 Å². The first-order valence-electron chi connectivity index (χ1n) is 11.6. The van der Waals surface area contributed by atoms with Gasteiger partial charge in [0.2, 0.25) is 0 Å². The molecule has 1 N–H and O–H groups in total. The Morgan fingerprint density at radius 2 is 1.79 bits per heavy atom. The van der Waals surface area contributed by atoms with E-state index in [9.17, 15) is 5.11 Å². The number of aromatic nitrogens is 2. The first-order valence-corrected chi connectivity index (χ1v) is 12.4. The Kier molecular flexibility index (Phi) is 8.37. The minimum absolute atomic E-state index is 0.239. The number of ether oxygens (including phenoxy) is 2. The van der Waals surface area contributed by atoms with Gasteiger partial charge < -0.3 is 14.6 Å². The lowest BCUT2D eigenvalue weighted by Gasteiger charge is -2.27. The van der Waals surface area contributed by atoms with Crippen LogP contribution < -0.4 is 9.47 Å². The van der Waals surface area contributed by atoms with Crippen LogP contribution in [-0.2, 0) is 13.1 Å². The zero-order valence-electron chi connectivity index (χ0n) is 19.4. The van der Waals surface area contributed by atoms with E-state index in [4.69, 9.17) is 32.7 Å². The van der Waals surface area contributed by atoms with Gasteiger partial charge >= 0.3 is 0 Å². The van der Waals surface area contributed by atoms with E-state index in [2.05, 4.69) is 22.1 Å². The topological polar surface area (TPSA) is 59.8 Å². The van der Waals surface area contributed by atoms with Gasteiger partial charge in [0.25, 0.3) is 0 Å². The standard InChI is InChI=1S/C26H31Cl2N3O3/c1-20-16-29-31(17-20)13-14-33-22-5-3-21(4-6-22)18-30-11-2-9-26(32,10-12-30)19-34-23-7-8-24(27)25(28)15-23/h3-8,15-17,32H,2,9-14,18-19H2,1H3. The maximum absolute atomic E-state index is 11.1. The van der Waals surface area contributed by atoms with E-state index in [1.54, 1.807) is 18.2 Å². The summed E-state index contributed by atoms with van der Waals surface area (Å²) in [4.78, 5) is 2.38. The van der Waals surface area contributed by atoms with Gasteiger partial charge in [-0.05, 0) is 68.1 Å². The lowest BCUT2D eigenvalue weighted by Crippen LogP contribution is -2.37. The molecule has 0 spiro atoms. The van der Waals surface area contributed by atoms with Gasteiger partial charge in [0.1, 0.15) is 24.7 Å². The second-order valence-corrected chi connectivity index (χ2v) is 9.81. The Labute approximate surface area is 211 Å². The molecule has 34 heavy (non-hydrogen) atoms. The third-order valence-corrected chi connectivity index (χ3v) is 6.83. The Bertz CT molecular complexity index is 1070. The molecule has 1 unspecified atom stereocenters. The molecule has 182 valence electrons. The highest BCUT2D eigenvalue weighted by atomic mass is 35.5. The molecule has 1 aliphatic rings. The largest absolute Gasteiger partial charge is 0.492 e. The van der Waals surface area contributed by atoms with Crippen LogP contribution in [0.25, 0.3) is 0 Å². The molecule has 1 aromatic heterocycles. The van der Waals surface area contributed by atoms with Gasteiger partial charge in [0.05, 0.1) is 28.4 Å². The number of hydrogen-bond acceptors (Lipinski definition) is 5. The van der Waals surface area contributed by atoms with Crippen molar-refractivity contribution < 1.29 is 14.6 Å². The summed E-state index contributed by atoms with van der Waals surface area (Å²) >= 11 is 12.0. The normalized spacial score (nSPS) is 19.1. The molecule has 0 saturated carbocycles. The molecule has 1 aliphatic heterocycles. The van der Waals surface area contributed by atoms with E-state index >= 15 is 0 Å². The number of aryl methyl sites for hydroxylation is 1. The lowest BCUT2D eigenvalue weighted by atomic mass is 9.96. The maximum Gasteiger partial charge on any atom is 0.121 e. The van der Waals surface area contributed by atoms with Crippen LogP contribution in [0.15, 0.2) is 54.9 Å². The Morgan fingerprint density at radius 3 is 2.53 bits per heavy atom. The van der Waals surface area contributed by atoms with Crippen LogP contribution in [0, 0.1) is 6.92 Å². The van der Waals surface area contributed by atoms with Gasteiger partial charge in [-0.2, -0.15) is 5.10 Å². The monoisotopic (exact) mass is 503 g/mol. The second kappa shape index (κ2) is 11.5. The van der Waals surface area contributed by atoms with Crippen LogP contribution in [0.2, 0.25) is 10.0 Å². The molecule has 1 saturated heterocycles. The van der Waals surface area contributed by atoms with Gasteiger partial charge in [-0.1, -0.05) is 35.3 Å². The molecule has 0 aliphatic carbocycles. The molecule has 4 rings (SSSR count). The molecule has 0 amide bonds. The first-order chi connectivity index (χ1) is 16.4. The zero-order chi connectivity index (χ0) is 24.0. The predicted octanol–water partition coefficient (Wildman–Crippen LogP) is 5.37. The summed E-state index contributed by atoms with van der Waals surface area (Å²) < 4.78 is 13.6. The van der Waals surface area contributed by atoms with Crippen molar-refractivity contribution in [2.45, 2.75) is 44.9 Å². The quantitative estimate of drug-likeness (QED) is 0.425. The summed E-state index contributed by atoms with van der Waals surface area (Å²) in [5.41, 5.74) is 1.52. The van der Waals surface area contributed by atoms with Crippen LogP contribution in [0.4, 0.5) is 0 Å². The van der Waals surface area contributed by atoms with Gasteiger partial charge in [-0.15, -0.1) is 0 Å². The zero-order valence-corrected chi connectivity index (χ0v) is 20.9. The van der Waals surface area contributed by atoms with Crippen molar-refractivity contribution in [3.8, 4) is 11.5 Å². The van der Waals surface area contributed by atoms with Crippen LogP contribution in [0.1, 0.15) is 30.4 Å². The molecule has 2 aromatic carbocycles. The molecule has 1 fully saturated rings. The van der Waals surface area contributed by atoms with Crippen molar-refractivity contribution >= 4 is 23.2 Å². The molecule has 0 radical (unpaired) electrons. The van der Waals surface area contributed by atoms with E-state index in [0.29, 0.717) is 35.2 Å². The summed E-state index contributed by atoms with van der Waals surface area (Å²) in [7, 11) is 0. The third-order valence-electron chi connectivity index (χ3n) is 6.09. The van der Waals surface area contributed by atoms with Crippen LogP contribution in [-0.4, -0.2) is 51.7 Å². The van der Waals surface area contributed by atoms with Crippen LogP contribution >= 0.6 is 23.2 Å². The highest BCUT2D eigenvalue weighted by Crippen LogP contribution is 2.29. The van der Waals surface area contributed by atoms with Gasteiger partial charge in [-0.3, -0.25) is 9.58 Å². The van der Waals surface area contributed by atoms with Crippen molar-refractivity contribution in [3.63, 3.8) is 0 Å². The number of halogens is 2. The fourth-order valence-corrected chi connectivity index (χ4v) is 4.41. The highest BCUT2D eigenvalue weighted by Gasteiger charge is 2.31. The Morgan fingerprint density at radius 1 is 1.00 bits per heavy atom. The molecule has 1 atom stereocenters. The number of hydrogen-bond donors (Lipinski definition) is 1. The minimum Gasteiger partial charge on any atom is -0.492 e. The fraction of sp³-hybridized carbons (Fsp3) is 0.423. The maximum atomic E-state index is 11.1. The fourth-order valence-electron chi connectivity index (χ4n) is 4.12. The molecule has 2 heterocycles. The smallest absolute Gasteiger partial charge is 0.121 e. The average molecular weight is 504 g/mol. The van der Waals surface area contributed by atoms with Gasteiger partial charge in [0.15, 0.2) is 0 Å². The van der Waals surface area contributed by atoms with E-state index in [-0.39, 0.29) is 6.61 Å². The van der Waals surface area contributed by atoms with Crippen molar-refractivity contribution in [2.24, 2.45) is 0 Å². The third kappa shape index (κ3) is 7.12.